The van der Waals surface area contributed by atoms with Crippen LogP contribution in [0.15, 0.2) is 30.3 Å². The highest BCUT2D eigenvalue weighted by atomic mass is 16.1. The number of nitrogens with zero attached hydrogens (tertiary/aromatic N) is 3. The molecule has 0 spiro atoms. The highest BCUT2D eigenvalue weighted by molar-refractivity contribution is 5.83. The maximum absolute atomic E-state index is 12.0. The van der Waals surface area contributed by atoms with Crippen LogP contribution < -0.4 is 11.1 Å². The molecule has 1 aliphatic heterocycles. The summed E-state index contributed by atoms with van der Waals surface area (Å²) in [5.41, 5.74) is 8.89. The van der Waals surface area contributed by atoms with E-state index in [0.717, 1.165) is 48.6 Å². The molecule has 1 atom stereocenters. The first-order valence-electron chi connectivity index (χ1n) is 8.67. The molecule has 0 unspecified atom stereocenters. The van der Waals surface area contributed by atoms with Gasteiger partial charge in [0.25, 0.3) is 0 Å². The molecule has 1 aromatic heterocycles. The highest BCUT2D eigenvalue weighted by Crippen LogP contribution is 2.22. The predicted octanol–water partition coefficient (Wildman–Crippen LogP) is 1.32. The van der Waals surface area contributed by atoms with E-state index in [-0.39, 0.29) is 5.91 Å². The maximum Gasteiger partial charge on any atom is 0.240 e. The highest BCUT2D eigenvalue weighted by Gasteiger charge is 2.22. The Balaban J connectivity index is 1.87. The van der Waals surface area contributed by atoms with Gasteiger partial charge in [-0.3, -0.25) is 4.79 Å². The third-order valence-corrected chi connectivity index (χ3v) is 4.62. The fourth-order valence-corrected chi connectivity index (χ4v) is 3.19. The third kappa shape index (κ3) is 4.33. The van der Waals surface area contributed by atoms with Crippen molar-refractivity contribution >= 4 is 11.7 Å². The summed E-state index contributed by atoms with van der Waals surface area (Å²) in [6, 6.07) is 9.38. The number of hydrogen-bond acceptors (Lipinski definition) is 5. The van der Waals surface area contributed by atoms with Gasteiger partial charge >= 0.3 is 0 Å². The molecule has 0 bridgehead atoms. The number of carbonyl (C=O) groups is 1. The fourth-order valence-electron chi connectivity index (χ4n) is 3.19. The van der Waals surface area contributed by atoms with Crippen LogP contribution in [0.3, 0.4) is 0 Å². The first-order chi connectivity index (χ1) is 12.0. The SMILES string of the molecule is Cc1nc2c(c(N[C@@H](Cc3ccccc3)C(N)=O)n1)CCN(C)CC2. The molecule has 1 amide bonds. The van der Waals surface area contributed by atoms with Gasteiger partial charge in [-0.05, 0) is 26.0 Å². The van der Waals surface area contributed by atoms with Gasteiger partial charge in [0.1, 0.15) is 17.7 Å². The van der Waals surface area contributed by atoms with E-state index in [0.29, 0.717) is 12.2 Å². The Hall–Kier alpha value is -2.47. The Morgan fingerprint density at radius 3 is 2.68 bits per heavy atom. The van der Waals surface area contributed by atoms with Gasteiger partial charge in [0.15, 0.2) is 0 Å². The standard InChI is InChI=1S/C19H25N5O/c1-13-21-16-9-11-24(2)10-8-15(16)19(22-13)23-17(18(20)25)12-14-6-4-3-5-7-14/h3-7,17H,8-12H2,1-2H3,(H2,20,25)(H,21,22,23)/t17-/m0/s1. The van der Waals surface area contributed by atoms with Crippen molar-refractivity contribution in [3.63, 3.8) is 0 Å². The number of fused-ring (bicyclic) bond motifs is 1. The number of likely N-dealkylation sites (N-methyl/N-ethyl adjacent to an activating group) is 1. The lowest BCUT2D eigenvalue weighted by molar-refractivity contribution is -0.118. The smallest absolute Gasteiger partial charge is 0.240 e. The summed E-state index contributed by atoms with van der Waals surface area (Å²) >= 11 is 0. The number of benzene rings is 1. The number of carbonyl (C=O) groups excluding carboxylic acids is 1. The molecule has 2 heterocycles. The Kier molecular flexibility index (Phi) is 5.28. The molecule has 132 valence electrons. The molecule has 1 aliphatic rings. The number of aryl methyl sites for hydroxylation is 1. The summed E-state index contributed by atoms with van der Waals surface area (Å²) in [5, 5.41) is 3.29. The van der Waals surface area contributed by atoms with Crippen LogP contribution in [-0.4, -0.2) is 47.0 Å². The van der Waals surface area contributed by atoms with Crippen molar-refractivity contribution in [1.29, 1.82) is 0 Å². The maximum atomic E-state index is 12.0. The van der Waals surface area contributed by atoms with Crippen LogP contribution in [0.25, 0.3) is 0 Å². The number of nitrogens with two attached hydrogens (primary N) is 1. The van der Waals surface area contributed by atoms with Gasteiger partial charge in [-0.25, -0.2) is 9.97 Å². The summed E-state index contributed by atoms with van der Waals surface area (Å²) in [4.78, 5) is 23.5. The number of aromatic nitrogens is 2. The molecular weight excluding hydrogens is 314 g/mol. The summed E-state index contributed by atoms with van der Waals surface area (Å²) in [6.45, 7) is 3.82. The van der Waals surface area contributed by atoms with E-state index in [4.69, 9.17) is 5.73 Å². The van der Waals surface area contributed by atoms with Gasteiger partial charge in [0.05, 0.1) is 5.69 Å². The largest absolute Gasteiger partial charge is 0.368 e. The second-order valence-electron chi connectivity index (χ2n) is 6.64. The number of nitrogens with one attached hydrogen (secondary N) is 1. The Labute approximate surface area is 148 Å². The number of amides is 1. The van der Waals surface area contributed by atoms with Gasteiger partial charge in [0.2, 0.25) is 5.91 Å². The molecule has 6 heteroatoms. The Bertz CT molecular complexity index is 747. The van der Waals surface area contributed by atoms with Crippen molar-refractivity contribution in [2.24, 2.45) is 5.73 Å². The van der Waals surface area contributed by atoms with Gasteiger partial charge in [-0.15, -0.1) is 0 Å². The van der Waals surface area contributed by atoms with Crippen LogP contribution in [0.5, 0.6) is 0 Å². The lowest BCUT2D eigenvalue weighted by Crippen LogP contribution is -2.38. The van der Waals surface area contributed by atoms with Crippen molar-refractivity contribution in [3.05, 3.63) is 53.0 Å². The zero-order valence-electron chi connectivity index (χ0n) is 14.8. The van der Waals surface area contributed by atoms with Crippen LogP contribution in [0.2, 0.25) is 0 Å². The van der Waals surface area contributed by atoms with Crippen LogP contribution in [0.4, 0.5) is 5.82 Å². The molecule has 3 N–H and O–H groups in total. The molecule has 3 rings (SSSR count). The molecule has 2 aromatic rings. The van der Waals surface area contributed by atoms with Gasteiger partial charge in [-0.2, -0.15) is 0 Å². The second kappa shape index (κ2) is 7.61. The van der Waals surface area contributed by atoms with Gasteiger partial charge in [0, 0.05) is 31.5 Å². The van der Waals surface area contributed by atoms with E-state index in [1.807, 2.05) is 37.3 Å². The van der Waals surface area contributed by atoms with Crippen molar-refractivity contribution < 1.29 is 4.79 Å². The van der Waals surface area contributed by atoms with Crippen LogP contribution in [0, 0.1) is 6.92 Å². The van der Waals surface area contributed by atoms with Crippen LogP contribution >= 0.6 is 0 Å². The molecule has 0 aliphatic carbocycles. The molecule has 6 nitrogen and oxygen atoms in total. The van der Waals surface area contributed by atoms with E-state index < -0.39 is 6.04 Å². The van der Waals surface area contributed by atoms with Crippen molar-refractivity contribution in [2.75, 3.05) is 25.5 Å². The van der Waals surface area contributed by atoms with Crippen molar-refractivity contribution in [1.82, 2.24) is 14.9 Å². The molecule has 25 heavy (non-hydrogen) atoms. The zero-order valence-corrected chi connectivity index (χ0v) is 14.8. The number of rotatable bonds is 5. The summed E-state index contributed by atoms with van der Waals surface area (Å²) in [6.07, 6.45) is 2.29. The second-order valence-corrected chi connectivity index (χ2v) is 6.64. The minimum atomic E-state index is -0.498. The number of anilines is 1. The van der Waals surface area contributed by atoms with Crippen molar-refractivity contribution in [3.8, 4) is 0 Å². The van der Waals surface area contributed by atoms with Gasteiger partial charge in [-0.1, -0.05) is 30.3 Å². The lowest BCUT2D eigenvalue weighted by atomic mass is 10.0. The summed E-state index contributed by atoms with van der Waals surface area (Å²) < 4.78 is 0. The minimum absolute atomic E-state index is 0.375. The molecule has 0 saturated heterocycles. The third-order valence-electron chi connectivity index (χ3n) is 4.62. The van der Waals surface area contributed by atoms with E-state index in [1.165, 1.54) is 0 Å². The molecular formula is C19H25N5O. The quantitative estimate of drug-likeness (QED) is 0.858. The van der Waals surface area contributed by atoms with Crippen LogP contribution in [0.1, 0.15) is 22.6 Å². The fraction of sp³-hybridized carbons (Fsp3) is 0.421. The topological polar surface area (TPSA) is 84.1 Å². The predicted molar refractivity (Wildman–Crippen MR) is 98.4 cm³/mol. The van der Waals surface area contributed by atoms with E-state index >= 15 is 0 Å². The Morgan fingerprint density at radius 2 is 1.96 bits per heavy atom. The first kappa shape index (κ1) is 17.4. The lowest BCUT2D eigenvalue weighted by Gasteiger charge is -2.20. The minimum Gasteiger partial charge on any atom is -0.368 e. The van der Waals surface area contributed by atoms with E-state index in [9.17, 15) is 4.79 Å². The molecule has 0 saturated carbocycles. The number of primary amides is 1. The van der Waals surface area contributed by atoms with Gasteiger partial charge < -0.3 is 16.0 Å². The molecule has 0 radical (unpaired) electrons. The number of hydrogen-bond donors (Lipinski definition) is 2. The van der Waals surface area contributed by atoms with Crippen LogP contribution in [-0.2, 0) is 24.1 Å². The molecule has 1 aromatic carbocycles. The summed E-state index contributed by atoms with van der Waals surface area (Å²) in [5.74, 6) is 1.09. The average Bonchev–Trinajstić information content (AvgIpc) is 2.77. The zero-order chi connectivity index (χ0) is 17.8. The first-order valence-corrected chi connectivity index (χ1v) is 8.67. The van der Waals surface area contributed by atoms with E-state index in [1.54, 1.807) is 0 Å². The average molecular weight is 339 g/mol. The monoisotopic (exact) mass is 339 g/mol. The normalized spacial score (nSPS) is 15.9. The van der Waals surface area contributed by atoms with E-state index in [2.05, 4.69) is 27.2 Å². The molecule has 0 fully saturated rings. The Morgan fingerprint density at radius 1 is 1.24 bits per heavy atom. The van der Waals surface area contributed by atoms with Crippen molar-refractivity contribution in [2.45, 2.75) is 32.2 Å². The summed E-state index contributed by atoms with van der Waals surface area (Å²) in [7, 11) is 2.11.